The summed E-state index contributed by atoms with van der Waals surface area (Å²) in [6.07, 6.45) is 7.61. The van der Waals surface area contributed by atoms with Crippen LogP contribution in [0.25, 0.3) is 0 Å². The summed E-state index contributed by atoms with van der Waals surface area (Å²) in [5.41, 5.74) is 1.57. The lowest BCUT2D eigenvalue weighted by atomic mass is 9.85. The highest BCUT2D eigenvalue weighted by molar-refractivity contribution is 7.16. The Balaban J connectivity index is 1.48. The van der Waals surface area contributed by atoms with Crippen molar-refractivity contribution >= 4 is 45.7 Å². The molecule has 1 saturated heterocycles. The number of amides is 3. The maximum Gasteiger partial charge on any atom is 0.245 e. The minimum absolute atomic E-state index is 0.312. The van der Waals surface area contributed by atoms with Gasteiger partial charge in [0.1, 0.15) is 17.6 Å². The molecule has 0 spiro atoms. The molecule has 1 aromatic heterocycles. The highest BCUT2D eigenvalue weighted by Gasteiger charge is 2.48. The van der Waals surface area contributed by atoms with Gasteiger partial charge in [-0.25, -0.2) is 0 Å². The number of allylic oxidation sites excluding steroid dienone is 2. The lowest BCUT2D eigenvalue weighted by Crippen LogP contribution is -2.38. The Morgan fingerprint density at radius 2 is 2.00 bits per heavy atom. The molecular formula is C20H20ClN3O3S. The van der Waals surface area contributed by atoms with Gasteiger partial charge in [0.05, 0.1) is 17.4 Å². The topological polar surface area (TPSA) is 90.3 Å². The van der Waals surface area contributed by atoms with Gasteiger partial charge in [0, 0.05) is 9.91 Å². The number of nitrogens with zero attached hydrogens (tertiary/aromatic N) is 2. The van der Waals surface area contributed by atoms with Crippen LogP contribution in [0.4, 0.5) is 5.00 Å². The molecule has 146 valence electrons. The van der Waals surface area contributed by atoms with Crippen LogP contribution in [-0.2, 0) is 27.2 Å². The average molecular weight is 418 g/mol. The number of nitrogens with one attached hydrogen (secondary N) is 1. The third-order valence-electron chi connectivity index (χ3n) is 5.75. The van der Waals surface area contributed by atoms with E-state index in [2.05, 4.69) is 11.4 Å². The molecule has 1 fully saturated rings. The molecule has 2 aliphatic carbocycles. The zero-order valence-corrected chi connectivity index (χ0v) is 16.9. The van der Waals surface area contributed by atoms with E-state index in [1.54, 1.807) is 6.08 Å². The minimum Gasteiger partial charge on any atom is -0.315 e. The third-order valence-corrected chi connectivity index (χ3v) is 7.26. The summed E-state index contributed by atoms with van der Waals surface area (Å²) in [4.78, 5) is 39.9. The van der Waals surface area contributed by atoms with Gasteiger partial charge in [-0.3, -0.25) is 19.3 Å². The summed E-state index contributed by atoms with van der Waals surface area (Å²) in [5, 5.41) is 13.5. The molecule has 1 aliphatic heterocycles. The second kappa shape index (κ2) is 7.69. The van der Waals surface area contributed by atoms with Crippen molar-refractivity contribution in [3.63, 3.8) is 0 Å². The van der Waals surface area contributed by atoms with Crippen LogP contribution in [0.2, 0.25) is 0 Å². The van der Waals surface area contributed by atoms with Crippen LogP contribution in [0.15, 0.2) is 11.1 Å². The molecule has 8 heteroatoms. The number of hydrogen-bond donors (Lipinski definition) is 1. The number of likely N-dealkylation sites (tertiary alicyclic amines) is 1. The number of thiophene rings is 1. The Labute approximate surface area is 172 Å². The van der Waals surface area contributed by atoms with Crippen LogP contribution < -0.4 is 5.32 Å². The SMILES string of the molecule is N#Cc1c(NC(=O)CN2C(=O)C3CC=C(Cl)CC3C2=O)sc2c1CCCCC2. The predicted octanol–water partition coefficient (Wildman–Crippen LogP) is 3.34. The Hall–Kier alpha value is -2.17. The molecule has 0 aromatic carbocycles. The molecule has 0 saturated carbocycles. The highest BCUT2D eigenvalue weighted by Crippen LogP contribution is 2.39. The number of carbonyl (C=O) groups excluding carboxylic acids is 3. The van der Waals surface area contributed by atoms with E-state index in [-0.39, 0.29) is 18.4 Å². The Morgan fingerprint density at radius 1 is 1.25 bits per heavy atom. The summed E-state index contributed by atoms with van der Waals surface area (Å²) in [5.74, 6) is -1.99. The van der Waals surface area contributed by atoms with Gasteiger partial charge in [-0.15, -0.1) is 11.3 Å². The van der Waals surface area contributed by atoms with Gasteiger partial charge < -0.3 is 5.32 Å². The summed E-state index contributed by atoms with van der Waals surface area (Å²) in [7, 11) is 0. The summed E-state index contributed by atoms with van der Waals surface area (Å²) >= 11 is 7.46. The number of nitriles is 1. The van der Waals surface area contributed by atoms with Gasteiger partial charge in [-0.05, 0) is 44.1 Å². The molecule has 3 aliphatic rings. The molecule has 4 rings (SSSR count). The zero-order valence-electron chi connectivity index (χ0n) is 15.3. The van der Waals surface area contributed by atoms with E-state index in [1.165, 1.54) is 11.3 Å². The molecule has 6 nitrogen and oxygen atoms in total. The second-order valence-electron chi connectivity index (χ2n) is 7.49. The number of rotatable bonds is 3. The quantitative estimate of drug-likeness (QED) is 0.603. The van der Waals surface area contributed by atoms with Gasteiger partial charge in [0.15, 0.2) is 0 Å². The van der Waals surface area contributed by atoms with Gasteiger partial charge in [-0.1, -0.05) is 24.1 Å². The van der Waals surface area contributed by atoms with Gasteiger partial charge in [0.2, 0.25) is 17.7 Å². The van der Waals surface area contributed by atoms with Crippen LogP contribution in [0.5, 0.6) is 0 Å². The van der Waals surface area contributed by atoms with Crippen molar-refractivity contribution in [1.82, 2.24) is 4.90 Å². The van der Waals surface area contributed by atoms with E-state index in [1.807, 2.05) is 0 Å². The van der Waals surface area contributed by atoms with Crippen LogP contribution >= 0.6 is 22.9 Å². The highest BCUT2D eigenvalue weighted by atomic mass is 35.5. The predicted molar refractivity (Wildman–Crippen MR) is 106 cm³/mol. The lowest BCUT2D eigenvalue weighted by Gasteiger charge is -2.17. The van der Waals surface area contributed by atoms with E-state index in [0.717, 1.165) is 47.4 Å². The van der Waals surface area contributed by atoms with Crippen molar-refractivity contribution in [1.29, 1.82) is 5.26 Å². The van der Waals surface area contributed by atoms with Gasteiger partial charge in [-0.2, -0.15) is 5.26 Å². The first-order valence-corrected chi connectivity index (χ1v) is 10.7. The molecule has 2 atom stereocenters. The van der Waals surface area contributed by atoms with Crippen LogP contribution in [0, 0.1) is 23.2 Å². The number of imide groups is 1. The van der Waals surface area contributed by atoms with Crippen LogP contribution in [0.1, 0.15) is 48.1 Å². The fourth-order valence-corrected chi connectivity index (χ4v) is 5.82. The standard InChI is InChI=1S/C20H20ClN3O3S/c21-11-6-7-13-14(8-11)20(27)24(19(13)26)10-17(25)23-18-15(9-22)12-4-2-1-3-5-16(12)28-18/h6,13-14H,1-5,7-8,10H2,(H,23,25). The molecule has 2 heterocycles. The summed E-state index contributed by atoms with van der Waals surface area (Å²) in [6, 6.07) is 2.22. The normalized spacial score (nSPS) is 24.1. The largest absolute Gasteiger partial charge is 0.315 e. The van der Waals surface area contributed by atoms with E-state index >= 15 is 0 Å². The molecule has 2 unspecified atom stereocenters. The molecule has 1 N–H and O–H groups in total. The number of carbonyl (C=O) groups is 3. The maximum absolute atomic E-state index is 12.6. The van der Waals surface area contributed by atoms with Crippen LogP contribution in [0.3, 0.4) is 0 Å². The smallest absolute Gasteiger partial charge is 0.245 e. The summed E-state index contributed by atoms with van der Waals surface area (Å²) in [6.45, 7) is -0.324. The number of halogens is 1. The van der Waals surface area contributed by atoms with Gasteiger partial charge in [0.25, 0.3) is 0 Å². The molecule has 1 aromatic rings. The number of anilines is 1. The number of aryl methyl sites for hydroxylation is 1. The lowest BCUT2D eigenvalue weighted by molar-refractivity contribution is -0.142. The molecular weight excluding hydrogens is 398 g/mol. The third kappa shape index (κ3) is 3.36. The maximum atomic E-state index is 12.6. The average Bonchev–Trinajstić information content (AvgIpc) is 2.98. The van der Waals surface area contributed by atoms with E-state index < -0.39 is 17.7 Å². The Kier molecular flexibility index (Phi) is 5.26. The Bertz CT molecular complexity index is 930. The minimum atomic E-state index is -0.467. The first-order valence-electron chi connectivity index (χ1n) is 9.53. The molecule has 28 heavy (non-hydrogen) atoms. The van der Waals surface area contributed by atoms with Crippen molar-refractivity contribution in [2.45, 2.75) is 44.9 Å². The van der Waals surface area contributed by atoms with Gasteiger partial charge >= 0.3 is 0 Å². The van der Waals surface area contributed by atoms with E-state index in [0.29, 0.717) is 28.4 Å². The van der Waals surface area contributed by atoms with Crippen molar-refractivity contribution < 1.29 is 14.4 Å². The van der Waals surface area contributed by atoms with E-state index in [9.17, 15) is 19.6 Å². The van der Waals surface area contributed by atoms with Crippen LogP contribution in [-0.4, -0.2) is 29.2 Å². The fourth-order valence-electron chi connectivity index (χ4n) is 4.31. The molecule has 0 bridgehead atoms. The monoisotopic (exact) mass is 417 g/mol. The number of fused-ring (bicyclic) bond motifs is 2. The first kappa shape index (κ1) is 19.2. The summed E-state index contributed by atoms with van der Waals surface area (Å²) < 4.78 is 0. The fraction of sp³-hybridized carbons (Fsp3) is 0.500. The molecule has 0 radical (unpaired) electrons. The first-order chi connectivity index (χ1) is 13.5. The van der Waals surface area contributed by atoms with Crippen molar-refractivity contribution in [2.24, 2.45) is 11.8 Å². The molecule has 3 amide bonds. The van der Waals surface area contributed by atoms with Crippen molar-refractivity contribution in [3.05, 3.63) is 27.1 Å². The zero-order chi connectivity index (χ0) is 19.8. The van der Waals surface area contributed by atoms with E-state index in [4.69, 9.17) is 11.6 Å². The number of hydrogen-bond acceptors (Lipinski definition) is 5. The second-order valence-corrected chi connectivity index (χ2v) is 9.09. The van der Waals surface area contributed by atoms with Crippen molar-refractivity contribution in [3.8, 4) is 6.07 Å². The Morgan fingerprint density at radius 3 is 2.79 bits per heavy atom. The van der Waals surface area contributed by atoms with Crippen molar-refractivity contribution in [2.75, 3.05) is 11.9 Å².